The predicted octanol–water partition coefficient (Wildman–Crippen LogP) is 2.97. The molecule has 29 heavy (non-hydrogen) atoms. The zero-order valence-corrected chi connectivity index (χ0v) is 16.2. The van der Waals surface area contributed by atoms with E-state index in [1.807, 2.05) is 4.90 Å². The first-order valence-electron chi connectivity index (χ1n) is 8.98. The number of piperidine rings is 1. The molecule has 6 nitrogen and oxygen atoms in total. The van der Waals surface area contributed by atoms with Crippen molar-refractivity contribution in [3.05, 3.63) is 53.6 Å². The van der Waals surface area contributed by atoms with Crippen LogP contribution in [0.4, 0.5) is 23.5 Å². The third-order valence-electron chi connectivity index (χ3n) is 4.73. The maximum atomic E-state index is 12.9. The first-order chi connectivity index (χ1) is 13.6. The third kappa shape index (κ3) is 6.10. The van der Waals surface area contributed by atoms with Crippen LogP contribution in [0.15, 0.2) is 36.7 Å². The summed E-state index contributed by atoms with van der Waals surface area (Å²) >= 11 is 0. The number of benzene rings is 1. The van der Waals surface area contributed by atoms with Crippen molar-refractivity contribution in [2.24, 2.45) is 5.92 Å². The number of halogens is 4. The Morgan fingerprint density at radius 3 is 2.21 bits per heavy atom. The second kappa shape index (κ2) is 8.62. The van der Waals surface area contributed by atoms with Gasteiger partial charge in [0.1, 0.15) is 0 Å². The van der Waals surface area contributed by atoms with Crippen LogP contribution in [0.25, 0.3) is 0 Å². The van der Waals surface area contributed by atoms with Crippen LogP contribution in [-0.2, 0) is 22.0 Å². The van der Waals surface area contributed by atoms with Gasteiger partial charge in [-0.2, -0.15) is 13.2 Å². The van der Waals surface area contributed by atoms with Crippen LogP contribution in [0.1, 0.15) is 24.0 Å². The minimum absolute atomic E-state index is 0.120. The molecule has 1 fully saturated rings. The summed E-state index contributed by atoms with van der Waals surface area (Å²) < 4.78 is 77.7. The minimum atomic E-state index is -4.45. The van der Waals surface area contributed by atoms with Gasteiger partial charge in [-0.05, 0) is 36.5 Å². The van der Waals surface area contributed by atoms with E-state index in [9.17, 15) is 26.0 Å². The molecule has 0 amide bonds. The van der Waals surface area contributed by atoms with Gasteiger partial charge in [0.05, 0.1) is 23.7 Å². The van der Waals surface area contributed by atoms with Crippen molar-refractivity contribution in [3.63, 3.8) is 0 Å². The Kier molecular flexibility index (Phi) is 6.37. The number of anilines is 1. The van der Waals surface area contributed by atoms with Crippen molar-refractivity contribution >= 4 is 16.0 Å². The molecule has 2 aromatic rings. The van der Waals surface area contributed by atoms with Crippen LogP contribution in [0.5, 0.6) is 0 Å². The van der Waals surface area contributed by atoms with Gasteiger partial charge in [0.2, 0.25) is 16.0 Å². The molecule has 1 saturated heterocycles. The van der Waals surface area contributed by atoms with E-state index in [1.54, 1.807) is 0 Å². The van der Waals surface area contributed by atoms with Gasteiger partial charge >= 0.3 is 6.18 Å². The second-order valence-corrected chi connectivity index (χ2v) is 8.74. The molecule has 3 rings (SSSR count). The van der Waals surface area contributed by atoms with Crippen LogP contribution in [0, 0.1) is 11.7 Å². The summed E-state index contributed by atoms with van der Waals surface area (Å²) in [6.07, 6.45) is -0.829. The van der Waals surface area contributed by atoms with E-state index in [0.29, 0.717) is 31.9 Å². The lowest BCUT2D eigenvalue weighted by Gasteiger charge is -2.31. The number of sulfonamides is 1. The van der Waals surface area contributed by atoms with Gasteiger partial charge in [0, 0.05) is 19.6 Å². The highest BCUT2D eigenvalue weighted by Gasteiger charge is 2.30. The Labute approximate surface area is 166 Å². The fraction of sp³-hybridized carbons (Fsp3) is 0.444. The number of nitrogens with zero attached hydrogens (tertiary/aromatic N) is 3. The van der Waals surface area contributed by atoms with E-state index in [-0.39, 0.29) is 23.8 Å². The number of hydrogen-bond donors (Lipinski definition) is 1. The normalized spacial score (nSPS) is 16.2. The summed E-state index contributed by atoms with van der Waals surface area (Å²) in [6, 6.07) is 4.09. The van der Waals surface area contributed by atoms with Crippen molar-refractivity contribution in [2.75, 3.05) is 24.5 Å². The lowest BCUT2D eigenvalue weighted by Crippen LogP contribution is -2.39. The molecule has 0 saturated carbocycles. The molecule has 1 aromatic carbocycles. The van der Waals surface area contributed by atoms with Crippen molar-refractivity contribution in [1.82, 2.24) is 14.7 Å². The first-order valence-corrected chi connectivity index (χ1v) is 10.6. The fourth-order valence-corrected chi connectivity index (χ4v) is 4.33. The zero-order valence-electron chi connectivity index (χ0n) is 15.4. The molecule has 0 spiro atoms. The van der Waals surface area contributed by atoms with Crippen LogP contribution >= 0.6 is 0 Å². The Bertz CT molecular complexity index is 910. The van der Waals surface area contributed by atoms with Crippen LogP contribution < -0.4 is 9.62 Å². The molecular weight excluding hydrogens is 412 g/mol. The molecule has 1 aromatic heterocycles. The van der Waals surface area contributed by atoms with Gasteiger partial charge in [0.25, 0.3) is 0 Å². The van der Waals surface area contributed by atoms with Crippen LogP contribution in [0.3, 0.4) is 0 Å². The topological polar surface area (TPSA) is 75.2 Å². The molecule has 1 aliphatic heterocycles. The smallest absolute Gasteiger partial charge is 0.341 e. The summed E-state index contributed by atoms with van der Waals surface area (Å²) in [5.41, 5.74) is -0.530. The van der Waals surface area contributed by atoms with Gasteiger partial charge in [-0.25, -0.2) is 27.5 Å². The second-order valence-electron chi connectivity index (χ2n) is 6.93. The van der Waals surface area contributed by atoms with E-state index >= 15 is 0 Å². The van der Waals surface area contributed by atoms with Crippen molar-refractivity contribution in [1.29, 1.82) is 0 Å². The van der Waals surface area contributed by atoms with E-state index in [1.165, 1.54) is 12.1 Å². The highest BCUT2D eigenvalue weighted by molar-refractivity contribution is 7.88. The lowest BCUT2D eigenvalue weighted by atomic mass is 9.97. The number of hydrogen-bond acceptors (Lipinski definition) is 5. The SMILES string of the molecule is O=S(=O)(Cc1ccc(C(F)(F)F)cc1)NCC1CCN(c2ncc(F)cn2)CC1. The summed E-state index contributed by atoms with van der Waals surface area (Å²) in [5, 5.41) is 0. The van der Waals surface area contributed by atoms with Crippen LogP contribution in [0.2, 0.25) is 0 Å². The van der Waals surface area contributed by atoms with Gasteiger partial charge in [0.15, 0.2) is 5.82 Å². The fourth-order valence-electron chi connectivity index (χ4n) is 3.11. The maximum Gasteiger partial charge on any atom is 0.416 e. The van der Waals surface area contributed by atoms with E-state index in [0.717, 1.165) is 24.5 Å². The number of alkyl halides is 3. The van der Waals surface area contributed by atoms with Crippen LogP contribution in [-0.4, -0.2) is 38.0 Å². The molecule has 0 unspecified atom stereocenters. The lowest BCUT2D eigenvalue weighted by molar-refractivity contribution is -0.137. The quantitative estimate of drug-likeness (QED) is 0.711. The molecule has 0 radical (unpaired) electrons. The predicted molar refractivity (Wildman–Crippen MR) is 99.0 cm³/mol. The maximum absolute atomic E-state index is 12.9. The zero-order chi connectivity index (χ0) is 21.1. The summed E-state index contributed by atoms with van der Waals surface area (Å²) in [4.78, 5) is 9.79. The average molecular weight is 432 g/mol. The van der Waals surface area contributed by atoms with Crippen molar-refractivity contribution in [3.8, 4) is 0 Å². The molecule has 0 aliphatic carbocycles. The summed E-state index contributed by atoms with van der Waals surface area (Å²) in [5.74, 6) is -0.333. The highest BCUT2D eigenvalue weighted by Crippen LogP contribution is 2.29. The van der Waals surface area contributed by atoms with Gasteiger partial charge < -0.3 is 4.90 Å². The number of nitrogens with one attached hydrogen (secondary N) is 1. The summed E-state index contributed by atoms with van der Waals surface area (Å²) in [7, 11) is -3.66. The molecule has 1 N–H and O–H groups in total. The monoisotopic (exact) mass is 432 g/mol. The molecule has 0 atom stereocenters. The van der Waals surface area contributed by atoms with E-state index in [2.05, 4.69) is 14.7 Å². The Hall–Kier alpha value is -2.27. The average Bonchev–Trinajstić information content (AvgIpc) is 2.67. The van der Waals surface area contributed by atoms with Gasteiger partial charge in [-0.1, -0.05) is 12.1 Å². The largest absolute Gasteiger partial charge is 0.416 e. The van der Waals surface area contributed by atoms with Gasteiger partial charge in [-0.3, -0.25) is 0 Å². The Balaban J connectivity index is 1.47. The molecular formula is C18H20F4N4O2S. The molecule has 11 heteroatoms. The van der Waals surface area contributed by atoms with Gasteiger partial charge in [-0.15, -0.1) is 0 Å². The first kappa shape index (κ1) is 21.4. The Morgan fingerprint density at radius 1 is 1.07 bits per heavy atom. The summed E-state index contributed by atoms with van der Waals surface area (Å²) in [6.45, 7) is 1.49. The molecule has 158 valence electrons. The highest BCUT2D eigenvalue weighted by atomic mass is 32.2. The van der Waals surface area contributed by atoms with Crippen molar-refractivity contribution < 1.29 is 26.0 Å². The standard InChI is InChI=1S/C18H20F4N4O2S/c19-16-10-23-17(24-11-16)26-7-5-13(6-8-26)9-25-29(27,28)12-14-1-3-15(4-2-14)18(20,21)22/h1-4,10-11,13,25H,5-9,12H2. The number of rotatable bonds is 6. The minimum Gasteiger partial charge on any atom is -0.341 e. The third-order valence-corrected chi connectivity index (χ3v) is 6.05. The van der Waals surface area contributed by atoms with E-state index < -0.39 is 27.6 Å². The number of aromatic nitrogens is 2. The van der Waals surface area contributed by atoms with E-state index in [4.69, 9.17) is 0 Å². The molecule has 1 aliphatic rings. The molecule has 0 bridgehead atoms. The Morgan fingerprint density at radius 2 is 1.66 bits per heavy atom. The van der Waals surface area contributed by atoms with Crippen molar-refractivity contribution in [2.45, 2.75) is 24.8 Å². The molecule has 2 heterocycles.